The summed E-state index contributed by atoms with van der Waals surface area (Å²) in [6.07, 6.45) is -3.36. The summed E-state index contributed by atoms with van der Waals surface area (Å²) < 4.78 is 21.0. The zero-order chi connectivity index (χ0) is 32.0. The van der Waals surface area contributed by atoms with Crippen molar-refractivity contribution >= 4 is 23.9 Å². The monoisotopic (exact) mass is 610 g/mol. The average Bonchev–Trinajstić information content (AvgIpc) is 3.01. The topological polar surface area (TPSA) is 213 Å². The molecule has 0 amide bonds. The van der Waals surface area contributed by atoms with Gasteiger partial charge < -0.3 is 54.7 Å². The number of aliphatic hydroxyl groups is 3. The van der Waals surface area contributed by atoms with Gasteiger partial charge in [-0.15, -0.1) is 0 Å². The number of hydrogen-bond acceptors (Lipinski definition) is 13. The number of aromatic hydroxyl groups is 4. The van der Waals surface area contributed by atoms with E-state index in [1.807, 2.05) is 0 Å². The van der Waals surface area contributed by atoms with E-state index >= 15 is 0 Å². The maximum atomic E-state index is 12.7. The summed E-state index contributed by atoms with van der Waals surface area (Å²) in [5.41, 5.74) is 0.762. The fourth-order valence-corrected chi connectivity index (χ4v) is 4.17. The van der Waals surface area contributed by atoms with Gasteiger partial charge in [-0.05, 0) is 59.7 Å². The summed E-state index contributed by atoms with van der Waals surface area (Å²) in [5, 5.41) is 71.3. The first kappa shape index (κ1) is 31.8. The Kier molecular flexibility index (Phi) is 10.1. The standard InChI is InChI=1S/C31H30O13/c1-41-22-11-5-17(14-21(22)34)4-10-20(33)19-9-12-23(27(37)26(19)36)43-31-30(40)29(39)28(38)24(44-31)15-42-25(35)13-6-16-2-7-18(32)8-3-16/h2-14,24,28-32,34,36-40H,15H2,1H3. The van der Waals surface area contributed by atoms with Crippen LogP contribution < -0.4 is 9.47 Å². The second-order valence-electron chi connectivity index (χ2n) is 9.62. The van der Waals surface area contributed by atoms with Crippen LogP contribution in [-0.2, 0) is 14.3 Å². The number of hydrogen-bond donors (Lipinski definition) is 7. The maximum Gasteiger partial charge on any atom is 0.330 e. The molecule has 7 N–H and O–H groups in total. The van der Waals surface area contributed by atoms with Crippen LogP contribution in [0.1, 0.15) is 21.5 Å². The Labute approximate surface area is 250 Å². The lowest BCUT2D eigenvalue weighted by Gasteiger charge is -2.39. The van der Waals surface area contributed by atoms with Gasteiger partial charge in [0.1, 0.15) is 36.8 Å². The van der Waals surface area contributed by atoms with Crippen LogP contribution in [0.15, 0.2) is 66.7 Å². The van der Waals surface area contributed by atoms with Crippen LogP contribution >= 0.6 is 0 Å². The van der Waals surface area contributed by atoms with E-state index < -0.39 is 66.3 Å². The molecule has 0 aliphatic carbocycles. The number of ketones is 1. The molecule has 0 radical (unpaired) electrons. The van der Waals surface area contributed by atoms with Gasteiger partial charge >= 0.3 is 5.97 Å². The third-order valence-corrected chi connectivity index (χ3v) is 6.62. The Morgan fingerprint density at radius 3 is 2.14 bits per heavy atom. The van der Waals surface area contributed by atoms with E-state index in [1.165, 1.54) is 43.5 Å². The van der Waals surface area contributed by atoms with Gasteiger partial charge in [-0.3, -0.25) is 4.79 Å². The summed E-state index contributed by atoms with van der Waals surface area (Å²) in [4.78, 5) is 24.8. The quantitative estimate of drug-likeness (QED) is 0.0757. The van der Waals surface area contributed by atoms with E-state index in [0.29, 0.717) is 11.1 Å². The highest BCUT2D eigenvalue weighted by atomic mass is 16.7. The fourth-order valence-electron chi connectivity index (χ4n) is 4.17. The summed E-state index contributed by atoms with van der Waals surface area (Å²) in [7, 11) is 1.39. The lowest BCUT2D eigenvalue weighted by atomic mass is 9.99. The van der Waals surface area contributed by atoms with E-state index in [1.54, 1.807) is 18.2 Å². The van der Waals surface area contributed by atoms with Crippen LogP contribution in [0.5, 0.6) is 34.5 Å². The van der Waals surface area contributed by atoms with E-state index in [9.17, 15) is 45.3 Å². The van der Waals surface area contributed by atoms with E-state index in [0.717, 1.165) is 24.3 Å². The lowest BCUT2D eigenvalue weighted by molar-refractivity contribution is -0.278. The molecule has 0 bridgehead atoms. The van der Waals surface area contributed by atoms with Crippen LogP contribution in [0.25, 0.3) is 12.2 Å². The number of esters is 1. The second-order valence-corrected chi connectivity index (χ2v) is 9.62. The number of benzene rings is 3. The summed E-state index contributed by atoms with van der Waals surface area (Å²) in [5.74, 6) is -3.50. The number of phenols is 4. The molecule has 0 spiro atoms. The maximum absolute atomic E-state index is 12.7. The number of methoxy groups -OCH3 is 1. The number of phenolic OH excluding ortho intramolecular Hbond substituents is 4. The molecule has 4 rings (SSSR count). The first-order valence-electron chi connectivity index (χ1n) is 13.1. The molecule has 1 fully saturated rings. The zero-order valence-corrected chi connectivity index (χ0v) is 23.2. The van der Waals surface area contributed by atoms with Crippen LogP contribution in [0.2, 0.25) is 0 Å². The Hall–Kier alpha value is -5.08. The highest BCUT2D eigenvalue weighted by Gasteiger charge is 2.45. The molecular formula is C31H30O13. The van der Waals surface area contributed by atoms with Crippen LogP contribution in [0.4, 0.5) is 0 Å². The van der Waals surface area contributed by atoms with Gasteiger partial charge in [-0.2, -0.15) is 0 Å². The molecule has 0 aromatic heterocycles. The first-order chi connectivity index (χ1) is 21.0. The number of carbonyl (C=O) groups excluding carboxylic acids is 2. The molecule has 3 aromatic carbocycles. The molecule has 1 aliphatic rings. The smallest absolute Gasteiger partial charge is 0.330 e. The van der Waals surface area contributed by atoms with E-state index in [-0.39, 0.29) is 22.8 Å². The second kappa shape index (κ2) is 13.9. The van der Waals surface area contributed by atoms with Crippen molar-refractivity contribution in [1.29, 1.82) is 0 Å². The first-order valence-corrected chi connectivity index (χ1v) is 13.1. The Balaban J connectivity index is 1.40. The van der Waals surface area contributed by atoms with Crippen molar-refractivity contribution in [3.8, 4) is 34.5 Å². The molecule has 1 saturated heterocycles. The number of ether oxygens (including phenoxy) is 4. The van der Waals surface area contributed by atoms with Crippen LogP contribution in [0, 0.1) is 0 Å². The number of rotatable bonds is 10. The largest absolute Gasteiger partial charge is 0.508 e. The van der Waals surface area contributed by atoms with Gasteiger partial charge in [0.05, 0.1) is 12.7 Å². The third kappa shape index (κ3) is 7.46. The lowest BCUT2D eigenvalue weighted by Crippen LogP contribution is -2.60. The van der Waals surface area contributed by atoms with Crippen molar-refractivity contribution < 1.29 is 64.3 Å². The highest BCUT2D eigenvalue weighted by Crippen LogP contribution is 2.40. The van der Waals surface area contributed by atoms with Gasteiger partial charge in [-0.25, -0.2) is 4.79 Å². The van der Waals surface area contributed by atoms with Crippen molar-refractivity contribution in [2.24, 2.45) is 0 Å². The minimum Gasteiger partial charge on any atom is -0.508 e. The van der Waals surface area contributed by atoms with Gasteiger partial charge in [0.2, 0.25) is 12.0 Å². The fraction of sp³-hybridized carbons (Fsp3) is 0.226. The minimum absolute atomic E-state index is 0.0547. The Morgan fingerprint density at radius 1 is 0.795 bits per heavy atom. The van der Waals surface area contributed by atoms with Crippen LogP contribution in [0.3, 0.4) is 0 Å². The summed E-state index contributed by atoms with van der Waals surface area (Å²) in [6.45, 7) is -0.549. The number of allylic oxidation sites excluding steroid dienone is 1. The zero-order valence-electron chi connectivity index (χ0n) is 23.2. The van der Waals surface area contributed by atoms with Crippen molar-refractivity contribution in [3.05, 3.63) is 83.4 Å². The van der Waals surface area contributed by atoms with Crippen molar-refractivity contribution in [1.82, 2.24) is 0 Å². The molecule has 1 heterocycles. The Bertz CT molecular complexity index is 1550. The molecule has 3 aromatic rings. The molecule has 5 atom stereocenters. The molecule has 13 nitrogen and oxygen atoms in total. The van der Waals surface area contributed by atoms with E-state index in [2.05, 4.69) is 0 Å². The molecule has 1 aliphatic heterocycles. The summed E-state index contributed by atoms with van der Waals surface area (Å²) in [6, 6.07) is 12.7. The molecule has 232 valence electrons. The van der Waals surface area contributed by atoms with Crippen molar-refractivity contribution in [2.75, 3.05) is 13.7 Å². The van der Waals surface area contributed by atoms with Gasteiger partial charge in [0.25, 0.3) is 0 Å². The third-order valence-electron chi connectivity index (χ3n) is 6.62. The SMILES string of the molecule is COc1ccc(C=CC(=O)c2ccc(OC3OC(COC(=O)C=Cc4ccc(O)cc4)C(O)C(O)C3O)c(O)c2O)cc1O. The van der Waals surface area contributed by atoms with Crippen molar-refractivity contribution in [3.63, 3.8) is 0 Å². The van der Waals surface area contributed by atoms with Gasteiger partial charge in [-0.1, -0.05) is 24.3 Å². The van der Waals surface area contributed by atoms with Gasteiger partial charge in [0.15, 0.2) is 28.8 Å². The highest BCUT2D eigenvalue weighted by molar-refractivity contribution is 6.09. The van der Waals surface area contributed by atoms with E-state index in [4.69, 9.17) is 18.9 Å². The van der Waals surface area contributed by atoms with Crippen LogP contribution in [-0.4, -0.2) is 91.9 Å². The molecule has 13 heteroatoms. The Morgan fingerprint density at radius 2 is 1.45 bits per heavy atom. The number of carbonyl (C=O) groups is 2. The summed E-state index contributed by atoms with van der Waals surface area (Å²) >= 11 is 0. The predicted octanol–water partition coefficient (Wildman–Crippen LogP) is 1.86. The minimum atomic E-state index is -1.82. The molecule has 5 unspecified atom stereocenters. The average molecular weight is 611 g/mol. The van der Waals surface area contributed by atoms with Gasteiger partial charge in [0, 0.05) is 6.08 Å². The predicted molar refractivity (Wildman–Crippen MR) is 153 cm³/mol. The normalized spacial score (nSPS) is 21.8. The van der Waals surface area contributed by atoms with Crippen molar-refractivity contribution in [2.45, 2.75) is 30.7 Å². The number of aliphatic hydroxyl groups excluding tert-OH is 3. The molecule has 0 saturated carbocycles. The molecule has 44 heavy (non-hydrogen) atoms. The molecular weight excluding hydrogens is 580 g/mol.